The number of nitrogens with zero attached hydrogens (tertiary/aromatic N) is 1. The first-order chi connectivity index (χ1) is 15.5. The average molecular weight is 432 g/mol. The summed E-state index contributed by atoms with van der Waals surface area (Å²) in [6.07, 6.45) is 0.640. The molecule has 0 aliphatic carbocycles. The number of hydrogen-bond acceptors (Lipinski definition) is 7. The molecular formula is C24H20N2O6. The molecule has 0 bridgehead atoms. The molecule has 1 heterocycles. The number of esters is 1. The first-order valence-electron chi connectivity index (χ1n) is 9.98. The molecule has 4 rings (SSSR count). The van der Waals surface area contributed by atoms with Crippen molar-refractivity contribution in [1.29, 1.82) is 0 Å². The molecule has 1 N–H and O–H groups in total. The lowest BCUT2D eigenvalue weighted by molar-refractivity contribution is -0.384. The van der Waals surface area contributed by atoms with Gasteiger partial charge in [-0.25, -0.2) is 4.79 Å². The molecule has 0 radical (unpaired) electrons. The SMILES string of the molecule is COC(=O)c1ccccc1C(=O)c1ccc(N[C@@H]2CCOc3ccccc32)c([N+](=O)[O-])c1. The molecule has 0 spiro atoms. The quantitative estimate of drug-likeness (QED) is 0.263. The van der Waals surface area contributed by atoms with Crippen molar-refractivity contribution < 1.29 is 24.0 Å². The Bertz CT molecular complexity index is 1210. The van der Waals surface area contributed by atoms with Crippen molar-refractivity contribution in [1.82, 2.24) is 0 Å². The van der Waals surface area contributed by atoms with Crippen LogP contribution >= 0.6 is 0 Å². The standard InChI is InChI=1S/C24H20N2O6/c1-31-24(28)17-7-3-2-6-16(17)23(27)15-10-11-20(21(14-15)26(29)30)25-19-12-13-32-22-9-5-4-8-18(19)22/h2-11,14,19,25H,12-13H2,1H3/t19-/m1/s1. The average Bonchev–Trinajstić information content (AvgIpc) is 2.83. The third-order valence-electron chi connectivity index (χ3n) is 5.32. The van der Waals surface area contributed by atoms with Gasteiger partial charge in [0.2, 0.25) is 0 Å². The minimum Gasteiger partial charge on any atom is -0.493 e. The van der Waals surface area contributed by atoms with Crippen molar-refractivity contribution in [3.63, 3.8) is 0 Å². The zero-order valence-electron chi connectivity index (χ0n) is 17.2. The Labute approximate surface area is 183 Å². The van der Waals surface area contributed by atoms with Gasteiger partial charge in [0.05, 0.1) is 30.2 Å². The molecule has 0 saturated heterocycles. The summed E-state index contributed by atoms with van der Waals surface area (Å²) in [4.78, 5) is 36.3. The number of benzene rings is 3. The third-order valence-corrected chi connectivity index (χ3v) is 5.32. The molecule has 8 heteroatoms. The van der Waals surface area contributed by atoms with Crippen molar-refractivity contribution in [2.24, 2.45) is 0 Å². The van der Waals surface area contributed by atoms with Crippen LogP contribution in [0.4, 0.5) is 11.4 Å². The summed E-state index contributed by atoms with van der Waals surface area (Å²) < 4.78 is 10.4. The summed E-state index contributed by atoms with van der Waals surface area (Å²) in [6.45, 7) is 0.489. The first-order valence-corrected chi connectivity index (χ1v) is 9.98. The summed E-state index contributed by atoms with van der Waals surface area (Å²) in [5.74, 6) is -0.415. The predicted molar refractivity (Wildman–Crippen MR) is 117 cm³/mol. The van der Waals surface area contributed by atoms with Crippen LogP contribution < -0.4 is 10.1 Å². The van der Waals surface area contributed by atoms with E-state index in [9.17, 15) is 19.7 Å². The van der Waals surface area contributed by atoms with Crippen LogP contribution in [0.5, 0.6) is 5.75 Å². The third kappa shape index (κ3) is 4.02. The number of methoxy groups -OCH3 is 1. The summed E-state index contributed by atoms with van der Waals surface area (Å²) >= 11 is 0. The van der Waals surface area contributed by atoms with Crippen LogP contribution in [0.25, 0.3) is 0 Å². The fourth-order valence-corrected chi connectivity index (χ4v) is 3.75. The largest absolute Gasteiger partial charge is 0.493 e. The van der Waals surface area contributed by atoms with Crippen molar-refractivity contribution in [2.45, 2.75) is 12.5 Å². The number of nitro benzene ring substituents is 1. The van der Waals surface area contributed by atoms with Crippen molar-refractivity contribution in [3.05, 3.63) is 99.1 Å². The maximum atomic E-state index is 13.1. The Morgan fingerprint density at radius 3 is 2.53 bits per heavy atom. The highest BCUT2D eigenvalue weighted by atomic mass is 16.6. The van der Waals surface area contributed by atoms with Crippen LogP contribution in [-0.4, -0.2) is 30.4 Å². The number of nitro groups is 1. The van der Waals surface area contributed by atoms with E-state index < -0.39 is 16.7 Å². The van der Waals surface area contributed by atoms with E-state index in [1.54, 1.807) is 12.1 Å². The number of nitrogens with one attached hydrogen (secondary N) is 1. The Hall–Kier alpha value is -4.20. The Morgan fingerprint density at radius 1 is 1.06 bits per heavy atom. The van der Waals surface area contributed by atoms with E-state index in [4.69, 9.17) is 9.47 Å². The van der Waals surface area contributed by atoms with Crippen LogP contribution in [-0.2, 0) is 4.74 Å². The lowest BCUT2D eigenvalue weighted by atomic mass is 9.97. The van der Waals surface area contributed by atoms with Gasteiger partial charge in [0.25, 0.3) is 5.69 Å². The molecule has 0 saturated carbocycles. The number of fused-ring (bicyclic) bond motifs is 1. The maximum absolute atomic E-state index is 13.1. The van der Waals surface area contributed by atoms with Gasteiger partial charge >= 0.3 is 5.97 Å². The fraction of sp³-hybridized carbons (Fsp3) is 0.167. The van der Waals surface area contributed by atoms with Gasteiger partial charge in [-0.2, -0.15) is 0 Å². The number of carbonyl (C=O) groups excluding carboxylic acids is 2. The highest BCUT2D eigenvalue weighted by Gasteiger charge is 2.26. The van der Waals surface area contributed by atoms with E-state index in [2.05, 4.69) is 5.32 Å². The Morgan fingerprint density at radius 2 is 1.78 bits per heavy atom. The van der Waals surface area contributed by atoms with Gasteiger partial charge in [-0.15, -0.1) is 0 Å². The molecule has 8 nitrogen and oxygen atoms in total. The Kier molecular flexibility index (Phi) is 5.85. The maximum Gasteiger partial charge on any atom is 0.338 e. The highest BCUT2D eigenvalue weighted by Crippen LogP contribution is 2.37. The molecule has 0 unspecified atom stereocenters. The molecule has 0 fully saturated rings. The number of hydrogen-bond donors (Lipinski definition) is 1. The van der Waals surface area contributed by atoms with Gasteiger partial charge in [0.15, 0.2) is 5.78 Å². The van der Waals surface area contributed by atoms with Crippen LogP contribution in [0, 0.1) is 10.1 Å². The first kappa shape index (κ1) is 21.0. The van der Waals surface area contributed by atoms with Gasteiger partial charge in [-0.1, -0.05) is 36.4 Å². The molecule has 32 heavy (non-hydrogen) atoms. The van der Waals surface area contributed by atoms with Crippen molar-refractivity contribution in [3.8, 4) is 5.75 Å². The summed E-state index contributed by atoms with van der Waals surface area (Å²) in [5, 5.41) is 15.0. The number of rotatable bonds is 6. The van der Waals surface area contributed by atoms with Crippen LogP contribution in [0.2, 0.25) is 0 Å². The molecule has 3 aromatic rings. The highest BCUT2D eigenvalue weighted by molar-refractivity contribution is 6.14. The zero-order valence-corrected chi connectivity index (χ0v) is 17.2. The van der Waals surface area contributed by atoms with E-state index in [0.717, 1.165) is 11.3 Å². The Balaban J connectivity index is 1.68. The van der Waals surface area contributed by atoms with Crippen LogP contribution in [0.3, 0.4) is 0 Å². The fourth-order valence-electron chi connectivity index (χ4n) is 3.75. The lowest BCUT2D eigenvalue weighted by Crippen LogP contribution is -2.20. The second-order valence-corrected chi connectivity index (χ2v) is 7.23. The van der Waals surface area contributed by atoms with E-state index in [0.29, 0.717) is 18.7 Å². The van der Waals surface area contributed by atoms with Gasteiger partial charge < -0.3 is 14.8 Å². The minimum atomic E-state index is -0.653. The normalized spacial score (nSPS) is 14.6. The van der Waals surface area contributed by atoms with Gasteiger partial charge in [-0.05, 0) is 24.3 Å². The number of ketones is 1. The van der Waals surface area contributed by atoms with Crippen LogP contribution in [0.15, 0.2) is 66.7 Å². The smallest absolute Gasteiger partial charge is 0.338 e. The molecule has 0 aromatic heterocycles. The van der Waals surface area contributed by atoms with Crippen molar-refractivity contribution >= 4 is 23.1 Å². The van der Waals surface area contributed by atoms with Gasteiger partial charge in [-0.3, -0.25) is 14.9 Å². The van der Waals surface area contributed by atoms with E-state index in [-0.39, 0.29) is 28.4 Å². The monoisotopic (exact) mass is 432 g/mol. The second-order valence-electron chi connectivity index (χ2n) is 7.23. The molecule has 162 valence electrons. The topological polar surface area (TPSA) is 108 Å². The number of ether oxygens (including phenoxy) is 2. The summed E-state index contributed by atoms with van der Waals surface area (Å²) in [5.41, 5.74) is 1.31. The number of para-hydroxylation sites is 1. The lowest BCUT2D eigenvalue weighted by Gasteiger charge is -2.27. The second kappa shape index (κ2) is 8.89. The predicted octanol–water partition coefficient (Wildman–Crippen LogP) is 4.55. The molecular weight excluding hydrogens is 412 g/mol. The molecule has 1 atom stereocenters. The van der Waals surface area contributed by atoms with Gasteiger partial charge in [0, 0.05) is 29.2 Å². The number of anilines is 1. The minimum absolute atomic E-state index is 0.101. The molecule has 1 aliphatic heterocycles. The number of carbonyl (C=O) groups is 2. The van der Waals surface area contributed by atoms with E-state index in [1.807, 2.05) is 24.3 Å². The van der Waals surface area contributed by atoms with Crippen molar-refractivity contribution in [2.75, 3.05) is 19.0 Å². The van der Waals surface area contributed by atoms with Crippen LogP contribution in [0.1, 0.15) is 44.3 Å². The zero-order chi connectivity index (χ0) is 22.7. The molecule has 0 amide bonds. The summed E-state index contributed by atoms with van der Waals surface area (Å²) in [7, 11) is 1.23. The van der Waals surface area contributed by atoms with Gasteiger partial charge in [0.1, 0.15) is 11.4 Å². The molecule has 1 aliphatic rings. The van der Waals surface area contributed by atoms with E-state index in [1.165, 1.54) is 37.4 Å². The summed E-state index contributed by atoms with van der Waals surface area (Å²) in [6, 6.07) is 17.8. The van der Waals surface area contributed by atoms with E-state index >= 15 is 0 Å². The molecule has 3 aromatic carbocycles.